The second kappa shape index (κ2) is 5.17. The Bertz CT molecular complexity index is 413. The Labute approximate surface area is 103 Å². The minimum Gasteiger partial charge on any atom is -0.377 e. The molecule has 0 atom stereocenters. The van der Waals surface area contributed by atoms with E-state index in [4.69, 9.17) is 0 Å². The summed E-state index contributed by atoms with van der Waals surface area (Å²) in [6.07, 6.45) is 0. The molecular weight excluding hydrogens is 214 g/mol. The third-order valence-corrected chi connectivity index (χ3v) is 2.81. The number of Topliss-reactive ketones (excluding diaryl/α,β-unsaturated/α-hetero) is 1. The normalized spacial score (nSPS) is 10.5. The van der Waals surface area contributed by atoms with Crippen LogP contribution in [0.1, 0.15) is 31.3 Å². The molecule has 0 fully saturated rings. The zero-order valence-corrected chi connectivity index (χ0v) is 11.5. The zero-order chi connectivity index (χ0) is 13.2. The highest BCUT2D eigenvalue weighted by Crippen LogP contribution is 2.21. The van der Waals surface area contributed by atoms with E-state index in [1.165, 1.54) is 0 Å². The van der Waals surface area contributed by atoms with Gasteiger partial charge in [-0.1, -0.05) is 0 Å². The molecule has 1 aromatic rings. The maximum Gasteiger partial charge on any atom is 0.178 e. The van der Waals surface area contributed by atoms with Gasteiger partial charge in [0.25, 0.3) is 0 Å². The van der Waals surface area contributed by atoms with Crippen LogP contribution in [0.2, 0.25) is 0 Å². The average molecular weight is 235 g/mol. The molecule has 0 N–H and O–H groups in total. The predicted octanol–water partition coefficient (Wildman–Crippen LogP) is 2.19. The van der Waals surface area contributed by atoms with E-state index in [2.05, 4.69) is 23.7 Å². The third-order valence-electron chi connectivity index (χ3n) is 2.81. The van der Waals surface area contributed by atoms with Crippen LogP contribution < -0.4 is 9.80 Å². The van der Waals surface area contributed by atoms with Crippen molar-refractivity contribution in [3.63, 3.8) is 0 Å². The minimum atomic E-state index is -0.00731. The number of pyridine rings is 1. The van der Waals surface area contributed by atoms with Crippen molar-refractivity contribution in [3.8, 4) is 0 Å². The Morgan fingerprint density at radius 3 is 2.24 bits per heavy atom. The van der Waals surface area contributed by atoms with Crippen LogP contribution in [0, 0.1) is 0 Å². The number of ketones is 1. The Kier molecular flexibility index (Phi) is 4.10. The molecule has 1 rings (SSSR count). The number of rotatable bonds is 4. The van der Waals surface area contributed by atoms with Crippen LogP contribution in [0.15, 0.2) is 12.1 Å². The van der Waals surface area contributed by atoms with Gasteiger partial charge in [-0.3, -0.25) is 4.79 Å². The van der Waals surface area contributed by atoms with E-state index >= 15 is 0 Å². The summed E-state index contributed by atoms with van der Waals surface area (Å²) in [4.78, 5) is 19.9. The largest absolute Gasteiger partial charge is 0.377 e. The highest BCUT2D eigenvalue weighted by Gasteiger charge is 2.12. The van der Waals surface area contributed by atoms with E-state index in [-0.39, 0.29) is 5.78 Å². The monoisotopic (exact) mass is 235 g/mol. The van der Waals surface area contributed by atoms with Crippen LogP contribution in [0.25, 0.3) is 0 Å². The number of hydrogen-bond acceptors (Lipinski definition) is 4. The highest BCUT2D eigenvalue weighted by atomic mass is 16.1. The van der Waals surface area contributed by atoms with Crippen molar-refractivity contribution in [2.45, 2.75) is 26.8 Å². The number of carbonyl (C=O) groups excluding carboxylic acids is 1. The van der Waals surface area contributed by atoms with Crippen molar-refractivity contribution < 1.29 is 4.79 Å². The fourth-order valence-electron chi connectivity index (χ4n) is 1.39. The zero-order valence-electron chi connectivity index (χ0n) is 11.5. The maximum atomic E-state index is 11.5. The predicted molar refractivity (Wildman–Crippen MR) is 72.1 cm³/mol. The van der Waals surface area contributed by atoms with Crippen molar-refractivity contribution in [1.82, 2.24) is 4.98 Å². The molecule has 0 spiro atoms. The van der Waals surface area contributed by atoms with Gasteiger partial charge in [0.2, 0.25) is 0 Å². The molecule has 0 saturated carbocycles. The fraction of sp³-hybridized carbons (Fsp3) is 0.538. The molecule has 0 unspecified atom stereocenters. The van der Waals surface area contributed by atoms with Crippen molar-refractivity contribution >= 4 is 17.3 Å². The Balaban J connectivity index is 3.26. The van der Waals surface area contributed by atoms with Gasteiger partial charge < -0.3 is 9.80 Å². The summed E-state index contributed by atoms with van der Waals surface area (Å²) in [5.41, 5.74) is 1.51. The van der Waals surface area contributed by atoms with E-state index in [0.717, 1.165) is 11.5 Å². The molecule has 0 saturated heterocycles. The molecule has 0 aromatic carbocycles. The van der Waals surface area contributed by atoms with Crippen LogP contribution in [-0.2, 0) is 0 Å². The summed E-state index contributed by atoms with van der Waals surface area (Å²) < 4.78 is 0. The minimum absolute atomic E-state index is 0.00731. The van der Waals surface area contributed by atoms with Gasteiger partial charge in [-0.25, -0.2) is 4.98 Å². The second-order valence-corrected chi connectivity index (χ2v) is 4.72. The third kappa shape index (κ3) is 3.19. The lowest BCUT2D eigenvalue weighted by Crippen LogP contribution is -2.27. The number of aromatic nitrogens is 1. The SMILES string of the molecule is CC(=O)c1cc(N(C)C)cc(N(C)C(C)C)n1. The Morgan fingerprint density at radius 1 is 1.24 bits per heavy atom. The Morgan fingerprint density at radius 2 is 1.82 bits per heavy atom. The van der Waals surface area contributed by atoms with E-state index in [9.17, 15) is 4.79 Å². The molecule has 17 heavy (non-hydrogen) atoms. The van der Waals surface area contributed by atoms with Crippen LogP contribution in [0.4, 0.5) is 11.5 Å². The smallest absolute Gasteiger partial charge is 0.178 e. The maximum absolute atomic E-state index is 11.5. The molecule has 4 heteroatoms. The van der Waals surface area contributed by atoms with Crippen LogP contribution in [-0.4, -0.2) is 38.0 Å². The van der Waals surface area contributed by atoms with Crippen LogP contribution in [0.3, 0.4) is 0 Å². The fourth-order valence-corrected chi connectivity index (χ4v) is 1.39. The number of hydrogen-bond donors (Lipinski definition) is 0. The number of anilines is 2. The van der Waals surface area contributed by atoms with Gasteiger partial charge in [0.05, 0.1) is 0 Å². The molecule has 0 aliphatic rings. The molecule has 94 valence electrons. The molecular formula is C13H21N3O. The molecule has 1 heterocycles. The highest BCUT2D eigenvalue weighted by molar-refractivity contribution is 5.93. The van der Waals surface area contributed by atoms with Gasteiger partial charge in [-0.15, -0.1) is 0 Å². The lowest BCUT2D eigenvalue weighted by molar-refractivity contribution is 0.101. The van der Waals surface area contributed by atoms with E-state index in [0.29, 0.717) is 11.7 Å². The van der Waals surface area contributed by atoms with Gasteiger partial charge >= 0.3 is 0 Å². The first kappa shape index (κ1) is 13.5. The lowest BCUT2D eigenvalue weighted by Gasteiger charge is -2.24. The van der Waals surface area contributed by atoms with Crippen LogP contribution >= 0.6 is 0 Å². The average Bonchev–Trinajstić information content (AvgIpc) is 2.27. The van der Waals surface area contributed by atoms with E-state index < -0.39 is 0 Å². The first-order valence-electron chi connectivity index (χ1n) is 5.76. The number of nitrogens with zero attached hydrogens (tertiary/aromatic N) is 3. The summed E-state index contributed by atoms with van der Waals surface area (Å²) in [5.74, 6) is 0.823. The molecule has 0 aliphatic heterocycles. The summed E-state index contributed by atoms with van der Waals surface area (Å²) in [5, 5.41) is 0. The van der Waals surface area contributed by atoms with Crippen LogP contribution in [0.5, 0.6) is 0 Å². The quantitative estimate of drug-likeness (QED) is 0.750. The molecule has 0 radical (unpaired) electrons. The van der Waals surface area contributed by atoms with E-state index in [1.807, 2.05) is 38.2 Å². The first-order chi connectivity index (χ1) is 7.82. The van der Waals surface area contributed by atoms with Gasteiger partial charge in [0.1, 0.15) is 11.5 Å². The van der Waals surface area contributed by atoms with Crippen molar-refractivity contribution in [1.29, 1.82) is 0 Å². The summed E-state index contributed by atoms with van der Waals surface area (Å²) in [7, 11) is 5.90. The standard InChI is InChI=1S/C13H21N3O/c1-9(2)16(6)13-8-11(15(4)5)7-12(14-13)10(3)17/h7-9H,1-6H3. The van der Waals surface area contributed by atoms with E-state index in [1.54, 1.807) is 6.92 Å². The number of carbonyl (C=O) groups is 1. The summed E-state index contributed by atoms with van der Waals surface area (Å²) in [6.45, 7) is 5.73. The lowest BCUT2D eigenvalue weighted by atomic mass is 10.2. The second-order valence-electron chi connectivity index (χ2n) is 4.72. The van der Waals surface area contributed by atoms with Crippen molar-refractivity contribution in [2.24, 2.45) is 0 Å². The van der Waals surface area contributed by atoms with Gasteiger partial charge in [0.15, 0.2) is 5.78 Å². The molecule has 4 nitrogen and oxygen atoms in total. The molecule has 0 bridgehead atoms. The first-order valence-corrected chi connectivity index (χ1v) is 5.76. The summed E-state index contributed by atoms with van der Waals surface area (Å²) in [6, 6.07) is 4.16. The summed E-state index contributed by atoms with van der Waals surface area (Å²) >= 11 is 0. The topological polar surface area (TPSA) is 36.4 Å². The van der Waals surface area contributed by atoms with Gasteiger partial charge in [-0.05, 0) is 19.9 Å². The van der Waals surface area contributed by atoms with Crippen molar-refractivity contribution in [3.05, 3.63) is 17.8 Å². The van der Waals surface area contributed by atoms with Gasteiger partial charge in [-0.2, -0.15) is 0 Å². The van der Waals surface area contributed by atoms with Crippen molar-refractivity contribution in [2.75, 3.05) is 30.9 Å². The Hall–Kier alpha value is -1.58. The molecule has 1 aromatic heterocycles. The molecule has 0 amide bonds. The molecule has 0 aliphatic carbocycles. The van der Waals surface area contributed by atoms with Gasteiger partial charge in [0, 0.05) is 45.9 Å².